The summed E-state index contributed by atoms with van der Waals surface area (Å²) in [6.07, 6.45) is 2.23. The van der Waals surface area contributed by atoms with Crippen LogP contribution in [0, 0.1) is 6.92 Å². The van der Waals surface area contributed by atoms with Crippen molar-refractivity contribution in [2.75, 3.05) is 0 Å². The van der Waals surface area contributed by atoms with Crippen molar-refractivity contribution in [2.45, 2.75) is 25.8 Å². The predicted molar refractivity (Wildman–Crippen MR) is 48.4 cm³/mol. The van der Waals surface area contributed by atoms with Crippen LogP contribution in [0.4, 0.5) is 0 Å². The van der Waals surface area contributed by atoms with Gasteiger partial charge in [-0.25, -0.2) is 0 Å². The number of nitrogens with one attached hydrogen (secondary N) is 1. The summed E-state index contributed by atoms with van der Waals surface area (Å²) in [7, 11) is 1.79. The maximum Gasteiger partial charge on any atom is 0.269 e. The van der Waals surface area contributed by atoms with Gasteiger partial charge in [0, 0.05) is 13.1 Å². The molecule has 1 heterocycles. The molecule has 1 saturated carbocycles. The lowest BCUT2D eigenvalue weighted by molar-refractivity contribution is 0.0941. The van der Waals surface area contributed by atoms with E-state index >= 15 is 0 Å². The number of hydrogen-bond donors (Lipinski definition) is 1. The van der Waals surface area contributed by atoms with E-state index in [1.54, 1.807) is 17.8 Å². The van der Waals surface area contributed by atoms with Crippen molar-refractivity contribution in [3.63, 3.8) is 0 Å². The highest BCUT2D eigenvalue weighted by Gasteiger charge is 2.24. The van der Waals surface area contributed by atoms with Gasteiger partial charge in [0.25, 0.3) is 5.91 Å². The summed E-state index contributed by atoms with van der Waals surface area (Å²) in [4.78, 5) is 11.6. The van der Waals surface area contributed by atoms with E-state index in [0.29, 0.717) is 11.7 Å². The molecule has 13 heavy (non-hydrogen) atoms. The van der Waals surface area contributed by atoms with E-state index in [1.807, 2.05) is 6.92 Å². The number of hydrogen-bond acceptors (Lipinski definition) is 2. The van der Waals surface area contributed by atoms with Crippen molar-refractivity contribution in [3.8, 4) is 0 Å². The molecule has 0 spiro atoms. The fourth-order valence-corrected chi connectivity index (χ4v) is 1.31. The molecule has 2 rings (SSSR count). The first kappa shape index (κ1) is 8.29. The molecule has 1 fully saturated rings. The lowest BCUT2D eigenvalue weighted by Crippen LogP contribution is -2.27. The van der Waals surface area contributed by atoms with Crippen molar-refractivity contribution < 1.29 is 4.79 Å². The van der Waals surface area contributed by atoms with Gasteiger partial charge in [0.15, 0.2) is 0 Å². The van der Waals surface area contributed by atoms with Crippen LogP contribution in [-0.4, -0.2) is 21.7 Å². The van der Waals surface area contributed by atoms with Gasteiger partial charge in [0.1, 0.15) is 5.69 Å². The SMILES string of the molecule is Cc1cc(C(=O)NC2CC2)n(C)n1. The number of carbonyl (C=O) groups excluding carboxylic acids is 1. The van der Waals surface area contributed by atoms with E-state index in [9.17, 15) is 4.79 Å². The summed E-state index contributed by atoms with van der Waals surface area (Å²) in [6.45, 7) is 1.88. The van der Waals surface area contributed by atoms with Gasteiger partial charge >= 0.3 is 0 Å². The second-order valence-corrected chi connectivity index (χ2v) is 3.54. The number of rotatable bonds is 2. The standard InChI is InChI=1S/C9H13N3O/c1-6-5-8(12(2)11-6)9(13)10-7-3-4-7/h5,7H,3-4H2,1-2H3,(H,10,13). The molecule has 0 aromatic carbocycles. The predicted octanol–water partition coefficient (Wildman–Crippen LogP) is 0.621. The highest BCUT2D eigenvalue weighted by atomic mass is 16.2. The van der Waals surface area contributed by atoms with Crippen LogP contribution in [0.15, 0.2) is 6.07 Å². The molecule has 4 heteroatoms. The summed E-state index contributed by atoms with van der Waals surface area (Å²) in [5.41, 5.74) is 1.52. The normalized spacial score (nSPS) is 15.8. The third-order valence-corrected chi connectivity index (χ3v) is 2.15. The zero-order chi connectivity index (χ0) is 9.42. The van der Waals surface area contributed by atoms with Crippen LogP contribution >= 0.6 is 0 Å². The molecule has 0 unspecified atom stereocenters. The summed E-state index contributed by atoms with van der Waals surface area (Å²) in [5, 5.41) is 7.04. The highest BCUT2D eigenvalue weighted by Crippen LogP contribution is 2.19. The van der Waals surface area contributed by atoms with Gasteiger partial charge in [-0.05, 0) is 25.8 Å². The first-order valence-corrected chi connectivity index (χ1v) is 4.48. The third kappa shape index (κ3) is 1.71. The van der Waals surface area contributed by atoms with E-state index in [1.165, 1.54) is 0 Å². The number of aryl methyl sites for hydroxylation is 2. The van der Waals surface area contributed by atoms with E-state index < -0.39 is 0 Å². The Balaban J connectivity index is 2.13. The Morgan fingerprint density at radius 3 is 2.85 bits per heavy atom. The first-order valence-electron chi connectivity index (χ1n) is 4.48. The summed E-state index contributed by atoms with van der Waals surface area (Å²) < 4.78 is 1.62. The average molecular weight is 179 g/mol. The molecular formula is C9H13N3O. The zero-order valence-electron chi connectivity index (χ0n) is 7.87. The third-order valence-electron chi connectivity index (χ3n) is 2.15. The van der Waals surface area contributed by atoms with E-state index in [0.717, 1.165) is 18.5 Å². The molecule has 1 amide bonds. The van der Waals surface area contributed by atoms with E-state index in [-0.39, 0.29) is 5.91 Å². The van der Waals surface area contributed by atoms with Crippen LogP contribution in [0.2, 0.25) is 0 Å². The largest absolute Gasteiger partial charge is 0.348 e. The molecule has 0 saturated heterocycles. The van der Waals surface area contributed by atoms with Crippen molar-refractivity contribution in [1.82, 2.24) is 15.1 Å². The van der Waals surface area contributed by atoms with Crippen molar-refractivity contribution in [2.24, 2.45) is 7.05 Å². The van der Waals surface area contributed by atoms with Crippen LogP contribution < -0.4 is 5.32 Å². The molecule has 0 bridgehead atoms. The summed E-state index contributed by atoms with van der Waals surface area (Å²) >= 11 is 0. The van der Waals surface area contributed by atoms with Crippen molar-refractivity contribution >= 4 is 5.91 Å². The Kier molecular flexibility index (Phi) is 1.83. The molecule has 4 nitrogen and oxygen atoms in total. The maximum atomic E-state index is 11.6. The number of amides is 1. The first-order chi connectivity index (χ1) is 6.16. The van der Waals surface area contributed by atoms with Crippen LogP contribution in [0.25, 0.3) is 0 Å². The molecule has 1 aliphatic rings. The van der Waals surface area contributed by atoms with Gasteiger partial charge in [0.05, 0.1) is 5.69 Å². The van der Waals surface area contributed by atoms with Crippen LogP contribution in [-0.2, 0) is 7.05 Å². The van der Waals surface area contributed by atoms with E-state index in [4.69, 9.17) is 0 Å². The average Bonchev–Trinajstić information content (AvgIpc) is 2.77. The lowest BCUT2D eigenvalue weighted by atomic mass is 10.3. The minimum absolute atomic E-state index is 0.00870. The fourth-order valence-electron chi connectivity index (χ4n) is 1.31. The molecule has 0 radical (unpaired) electrons. The quantitative estimate of drug-likeness (QED) is 0.723. The van der Waals surface area contributed by atoms with Crippen LogP contribution in [0.1, 0.15) is 29.0 Å². The van der Waals surface area contributed by atoms with Crippen LogP contribution in [0.5, 0.6) is 0 Å². The maximum absolute atomic E-state index is 11.6. The minimum atomic E-state index is -0.00870. The van der Waals surface area contributed by atoms with Gasteiger partial charge in [-0.1, -0.05) is 0 Å². The van der Waals surface area contributed by atoms with Gasteiger partial charge in [-0.15, -0.1) is 0 Å². The van der Waals surface area contributed by atoms with Crippen molar-refractivity contribution in [1.29, 1.82) is 0 Å². The fraction of sp³-hybridized carbons (Fsp3) is 0.556. The minimum Gasteiger partial charge on any atom is -0.348 e. The Morgan fingerprint density at radius 2 is 2.38 bits per heavy atom. The van der Waals surface area contributed by atoms with Gasteiger partial charge < -0.3 is 5.32 Å². The molecular weight excluding hydrogens is 166 g/mol. The topological polar surface area (TPSA) is 46.9 Å². The Bertz CT molecular complexity index is 339. The molecule has 0 aliphatic heterocycles. The van der Waals surface area contributed by atoms with E-state index in [2.05, 4.69) is 10.4 Å². The van der Waals surface area contributed by atoms with Gasteiger partial charge in [-0.2, -0.15) is 5.10 Å². The zero-order valence-corrected chi connectivity index (χ0v) is 7.87. The number of nitrogens with zero attached hydrogens (tertiary/aromatic N) is 2. The Labute approximate surface area is 76.9 Å². The van der Waals surface area contributed by atoms with Crippen LogP contribution in [0.3, 0.4) is 0 Å². The second-order valence-electron chi connectivity index (χ2n) is 3.54. The molecule has 70 valence electrons. The summed E-state index contributed by atoms with van der Waals surface area (Å²) in [6, 6.07) is 2.21. The molecule has 1 aromatic rings. The summed E-state index contributed by atoms with van der Waals surface area (Å²) in [5.74, 6) is -0.00870. The second kappa shape index (κ2) is 2.87. The Hall–Kier alpha value is -1.32. The molecule has 0 atom stereocenters. The lowest BCUT2D eigenvalue weighted by Gasteiger charge is -2.01. The smallest absolute Gasteiger partial charge is 0.269 e. The van der Waals surface area contributed by atoms with Gasteiger partial charge in [-0.3, -0.25) is 9.48 Å². The monoisotopic (exact) mass is 179 g/mol. The van der Waals surface area contributed by atoms with Gasteiger partial charge in [0.2, 0.25) is 0 Å². The molecule has 1 N–H and O–H groups in total. The molecule has 1 aromatic heterocycles. The number of aromatic nitrogens is 2. The Morgan fingerprint density at radius 1 is 1.69 bits per heavy atom. The molecule has 1 aliphatic carbocycles. The number of carbonyl (C=O) groups is 1. The van der Waals surface area contributed by atoms with Crippen molar-refractivity contribution in [3.05, 3.63) is 17.5 Å². The highest BCUT2D eigenvalue weighted by molar-refractivity contribution is 5.93.